The van der Waals surface area contributed by atoms with Crippen molar-refractivity contribution in [2.24, 2.45) is 0 Å². The lowest BCUT2D eigenvalue weighted by Crippen LogP contribution is -2.46. The molecule has 0 aliphatic carbocycles. The molecule has 2 aliphatic heterocycles. The third-order valence-electron chi connectivity index (χ3n) is 2.81. The number of ether oxygens (including phenoxy) is 1. The van der Waals surface area contributed by atoms with Crippen molar-refractivity contribution in [3.05, 3.63) is 11.8 Å². The Morgan fingerprint density at radius 2 is 2.44 bits per heavy atom. The van der Waals surface area contributed by atoms with Gasteiger partial charge in [-0.15, -0.1) is 0 Å². The third kappa shape index (κ3) is 2.04. The van der Waals surface area contributed by atoms with Crippen LogP contribution in [0.25, 0.3) is 0 Å². The highest BCUT2D eigenvalue weighted by molar-refractivity contribution is 5.77. The van der Waals surface area contributed by atoms with E-state index in [1.807, 2.05) is 6.92 Å². The van der Waals surface area contributed by atoms with Crippen LogP contribution >= 0.6 is 0 Å². The Kier molecular flexibility index (Phi) is 3.13. The number of nitrogens with zero attached hydrogens (tertiary/aromatic N) is 1. The highest BCUT2D eigenvalue weighted by atomic mass is 16.5. The molecule has 90 valence electrons. The normalized spacial score (nSPS) is 34.9. The lowest BCUT2D eigenvalue weighted by molar-refractivity contribution is -0.0540. The van der Waals surface area contributed by atoms with Gasteiger partial charge in [-0.2, -0.15) is 0 Å². The van der Waals surface area contributed by atoms with Crippen molar-refractivity contribution in [3.63, 3.8) is 0 Å². The smallest absolute Gasteiger partial charge is 0.323 e. The predicted molar refractivity (Wildman–Crippen MR) is 55.4 cm³/mol. The number of rotatable bonds is 2. The maximum absolute atomic E-state index is 11.6. The Morgan fingerprint density at radius 1 is 1.69 bits per heavy atom. The van der Waals surface area contributed by atoms with Crippen molar-refractivity contribution in [2.75, 3.05) is 13.2 Å². The molecule has 3 N–H and O–H groups in total. The van der Waals surface area contributed by atoms with Gasteiger partial charge in [-0.3, -0.25) is 4.90 Å². The number of amides is 2. The van der Waals surface area contributed by atoms with E-state index < -0.39 is 18.4 Å². The molecule has 1 saturated heterocycles. The van der Waals surface area contributed by atoms with Gasteiger partial charge in [0.1, 0.15) is 12.3 Å². The first kappa shape index (κ1) is 11.4. The van der Waals surface area contributed by atoms with E-state index in [0.29, 0.717) is 13.0 Å². The number of urea groups is 1. The van der Waals surface area contributed by atoms with Gasteiger partial charge in [0.05, 0.1) is 12.7 Å². The van der Waals surface area contributed by atoms with Crippen molar-refractivity contribution in [1.82, 2.24) is 10.2 Å². The molecular weight excluding hydrogens is 212 g/mol. The number of nitrogens with one attached hydrogen (secondary N) is 1. The standard InChI is InChI=1S/C10H16N2O4/c1-6-3-11-10(15)12(4-6)9-2-7(14)8(5-13)16-9/h4,7-9,13-14H,2-3,5H2,1H3,(H,11,15)/t7-,8+,9+/m0/s1. The Morgan fingerprint density at radius 3 is 3.06 bits per heavy atom. The van der Waals surface area contributed by atoms with E-state index in [-0.39, 0.29) is 12.6 Å². The van der Waals surface area contributed by atoms with Gasteiger partial charge in [-0.05, 0) is 12.5 Å². The first-order valence-corrected chi connectivity index (χ1v) is 5.29. The summed E-state index contributed by atoms with van der Waals surface area (Å²) in [4.78, 5) is 13.0. The summed E-state index contributed by atoms with van der Waals surface area (Å²) in [6, 6.07) is -0.235. The maximum Gasteiger partial charge on any atom is 0.323 e. The fourth-order valence-electron chi connectivity index (χ4n) is 1.91. The molecule has 2 rings (SSSR count). The van der Waals surface area contributed by atoms with E-state index in [0.717, 1.165) is 5.57 Å². The van der Waals surface area contributed by atoms with Crippen LogP contribution < -0.4 is 5.32 Å². The average molecular weight is 228 g/mol. The van der Waals surface area contributed by atoms with Crippen LogP contribution in [0.15, 0.2) is 11.8 Å². The molecule has 0 bridgehead atoms. The molecule has 16 heavy (non-hydrogen) atoms. The second kappa shape index (κ2) is 4.40. The molecule has 3 atom stereocenters. The topological polar surface area (TPSA) is 82.0 Å². The minimum atomic E-state index is -0.724. The summed E-state index contributed by atoms with van der Waals surface area (Å²) in [5.74, 6) is 0. The summed E-state index contributed by atoms with van der Waals surface area (Å²) in [6.45, 7) is 2.20. The van der Waals surface area contributed by atoms with Crippen LogP contribution in [0.3, 0.4) is 0 Å². The first-order chi connectivity index (χ1) is 7.61. The van der Waals surface area contributed by atoms with E-state index in [4.69, 9.17) is 9.84 Å². The molecule has 2 heterocycles. The van der Waals surface area contributed by atoms with E-state index in [1.54, 1.807) is 6.20 Å². The lowest BCUT2D eigenvalue weighted by atomic mass is 10.2. The maximum atomic E-state index is 11.6. The van der Waals surface area contributed by atoms with Crippen LogP contribution in [0.5, 0.6) is 0 Å². The molecule has 0 aromatic heterocycles. The highest BCUT2D eigenvalue weighted by Crippen LogP contribution is 2.24. The average Bonchev–Trinajstić information content (AvgIpc) is 2.63. The fraction of sp³-hybridized carbons (Fsp3) is 0.700. The Labute approximate surface area is 93.5 Å². The van der Waals surface area contributed by atoms with Gasteiger partial charge in [0.2, 0.25) is 0 Å². The van der Waals surface area contributed by atoms with Gasteiger partial charge in [-0.25, -0.2) is 4.79 Å². The van der Waals surface area contributed by atoms with E-state index in [2.05, 4.69) is 5.32 Å². The first-order valence-electron chi connectivity index (χ1n) is 5.29. The van der Waals surface area contributed by atoms with Gasteiger partial charge in [0.15, 0.2) is 0 Å². The van der Waals surface area contributed by atoms with Crippen LogP contribution in [0, 0.1) is 0 Å². The minimum absolute atomic E-state index is 0.235. The summed E-state index contributed by atoms with van der Waals surface area (Å²) >= 11 is 0. The number of carbonyl (C=O) groups excluding carboxylic acids is 1. The van der Waals surface area contributed by atoms with Crippen molar-refractivity contribution < 1.29 is 19.7 Å². The quantitative estimate of drug-likeness (QED) is 0.588. The second-order valence-corrected chi connectivity index (χ2v) is 4.16. The molecular formula is C10H16N2O4. The van der Waals surface area contributed by atoms with Crippen LogP contribution in [-0.2, 0) is 4.74 Å². The minimum Gasteiger partial charge on any atom is -0.394 e. The van der Waals surface area contributed by atoms with Crippen LogP contribution in [0.1, 0.15) is 13.3 Å². The largest absolute Gasteiger partial charge is 0.394 e. The number of aliphatic hydroxyl groups is 2. The van der Waals surface area contributed by atoms with Crippen LogP contribution in [0.2, 0.25) is 0 Å². The molecule has 6 heteroatoms. The Hall–Kier alpha value is -1.11. The fourth-order valence-corrected chi connectivity index (χ4v) is 1.91. The summed E-state index contributed by atoms with van der Waals surface area (Å²) < 4.78 is 5.40. The molecule has 1 fully saturated rings. The van der Waals surface area contributed by atoms with Crippen molar-refractivity contribution >= 4 is 6.03 Å². The molecule has 0 radical (unpaired) electrons. The monoisotopic (exact) mass is 228 g/mol. The molecule has 0 aromatic carbocycles. The van der Waals surface area contributed by atoms with E-state index in [1.165, 1.54) is 4.90 Å². The van der Waals surface area contributed by atoms with Gasteiger partial charge in [0.25, 0.3) is 0 Å². The number of hydrogen-bond donors (Lipinski definition) is 3. The van der Waals surface area contributed by atoms with Gasteiger partial charge >= 0.3 is 6.03 Å². The van der Waals surface area contributed by atoms with Gasteiger partial charge in [0, 0.05) is 19.2 Å². The zero-order valence-electron chi connectivity index (χ0n) is 9.09. The van der Waals surface area contributed by atoms with Gasteiger partial charge < -0.3 is 20.3 Å². The number of hydrogen-bond acceptors (Lipinski definition) is 4. The second-order valence-electron chi connectivity index (χ2n) is 4.16. The highest BCUT2D eigenvalue weighted by Gasteiger charge is 2.38. The predicted octanol–water partition coefficient (Wildman–Crippen LogP) is -0.616. The zero-order chi connectivity index (χ0) is 11.7. The zero-order valence-corrected chi connectivity index (χ0v) is 9.09. The number of aliphatic hydroxyl groups excluding tert-OH is 2. The molecule has 2 amide bonds. The van der Waals surface area contributed by atoms with Crippen LogP contribution in [0.4, 0.5) is 4.79 Å². The van der Waals surface area contributed by atoms with Crippen molar-refractivity contribution in [3.8, 4) is 0 Å². The molecule has 0 saturated carbocycles. The lowest BCUT2D eigenvalue weighted by Gasteiger charge is -2.29. The Bertz CT molecular complexity index is 318. The Balaban J connectivity index is 2.08. The molecule has 0 aromatic rings. The summed E-state index contributed by atoms with van der Waals surface area (Å²) in [5, 5.41) is 21.2. The molecule has 0 spiro atoms. The molecule has 0 unspecified atom stereocenters. The molecule has 2 aliphatic rings. The van der Waals surface area contributed by atoms with Crippen LogP contribution in [-0.4, -0.2) is 52.7 Å². The number of carbonyl (C=O) groups is 1. The SMILES string of the molecule is CC1=CN([C@H]2C[C@H](O)[C@@H](CO)O2)C(=O)NC1. The summed E-state index contributed by atoms with van der Waals surface area (Å²) in [5.41, 5.74) is 1.02. The van der Waals surface area contributed by atoms with Crippen molar-refractivity contribution in [2.45, 2.75) is 31.8 Å². The van der Waals surface area contributed by atoms with Crippen molar-refractivity contribution in [1.29, 1.82) is 0 Å². The third-order valence-corrected chi connectivity index (χ3v) is 2.81. The summed E-state index contributed by atoms with van der Waals surface area (Å²) in [7, 11) is 0. The van der Waals surface area contributed by atoms with Gasteiger partial charge in [-0.1, -0.05) is 0 Å². The molecule has 6 nitrogen and oxygen atoms in total. The summed E-state index contributed by atoms with van der Waals surface area (Å²) in [6.07, 6.45) is 0.215. The van der Waals surface area contributed by atoms with E-state index in [9.17, 15) is 9.90 Å². The van der Waals surface area contributed by atoms with E-state index >= 15 is 0 Å².